The topological polar surface area (TPSA) is 89.9 Å². The molecule has 1 atom stereocenters. The molecule has 0 aromatic heterocycles. The van der Waals surface area contributed by atoms with Gasteiger partial charge in [-0.2, -0.15) is 5.10 Å². The molecule has 0 aliphatic carbocycles. The normalized spacial score (nSPS) is 16.6. The number of hydrogen-bond acceptors (Lipinski definition) is 7. The standard InChI is InChI=1S/C27H33N3O6/c1-27(2,3)14-25(31)29(4)15-26(32)30-21(17-7-10-22-24(11-17)36-16-35-22)13-20(28-30)19-9-8-18(33-5)12-23(19)34-6/h7-12,21H,13-16H2,1-6H3/t21-/m1/s1. The van der Waals surface area contributed by atoms with Crippen LogP contribution in [0, 0.1) is 5.41 Å². The molecule has 4 rings (SSSR count). The van der Waals surface area contributed by atoms with Crippen LogP contribution in [0.1, 0.15) is 50.8 Å². The first-order chi connectivity index (χ1) is 17.1. The zero-order valence-corrected chi connectivity index (χ0v) is 21.7. The molecule has 9 heteroatoms. The summed E-state index contributed by atoms with van der Waals surface area (Å²) in [6.07, 6.45) is 0.813. The van der Waals surface area contributed by atoms with Crippen LogP contribution in [0.2, 0.25) is 0 Å². The highest BCUT2D eigenvalue weighted by Gasteiger charge is 2.36. The van der Waals surface area contributed by atoms with E-state index < -0.39 is 0 Å². The van der Waals surface area contributed by atoms with E-state index in [0.717, 1.165) is 11.1 Å². The molecular formula is C27H33N3O6. The lowest BCUT2D eigenvalue weighted by molar-refractivity contribution is -0.141. The van der Waals surface area contributed by atoms with E-state index in [1.807, 2.05) is 51.1 Å². The second-order valence-electron chi connectivity index (χ2n) is 10.2. The predicted octanol–water partition coefficient (Wildman–Crippen LogP) is 4.00. The van der Waals surface area contributed by atoms with E-state index in [2.05, 4.69) is 0 Å². The van der Waals surface area contributed by atoms with E-state index in [1.54, 1.807) is 27.3 Å². The summed E-state index contributed by atoms with van der Waals surface area (Å²) in [7, 11) is 4.83. The number of benzene rings is 2. The van der Waals surface area contributed by atoms with Crippen molar-refractivity contribution in [2.24, 2.45) is 10.5 Å². The third kappa shape index (κ3) is 5.40. The van der Waals surface area contributed by atoms with Gasteiger partial charge in [0.1, 0.15) is 18.0 Å². The maximum Gasteiger partial charge on any atom is 0.262 e. The van der Waals surface area contributed by atoms with Gasteiger partial charge in [-0.05, 0) is 35.2 Å². The molecule has 0 bridgehead atoms. The molecule has 0 N–H and O–H groups in total. The first kappa shape index (κ1) is 25.3. The number of ether oxygens (including phenoxy) is 4. The summed E-state index contributed by atoms with van der Waals surface area (Å²) < 4.78 is 21.9. The van der Waals surface area contributed by atoms with Crippen LogP contribution in [0.5, 0.6) is 23.0 Å². The number of rotatable bonds is 7. The Hall–Kier alpha value is -3.75. The van der Waals surface area contributed by atoms with Crippen LogP contribution >= 0.6 is 0 Å². The molecular weight excluding hydrogens is 462 g/mol. The number of methoxy groups -OCH3 is 2. The summed E-state index contributed by atoms with van der Waals surface area (Å²) >= 11 is 0. The molecule has 2 amide bonds. The molecule has 0 unspecified atom stereocenters. The van der Waals surface area contributed by atoms with Crippen molar-refractivity contribution in [2.75, 3.05) is 34.6 Å². The summed E-state index contributed by atoms with van der Waals surface area (Å²) in [6, 6.07) is 10.8. The van der Waals surface area contributed by atoms with E-state index in [1.165, 1.54) is 9.91 Å². The van der Waals surface area contributed by atoms with Crippen molar-refractivity contribution in [1.29, 1.82) is 0 Å². The van der Waals surface area contributed by atoms with Gasteiger partial charge in [0.25, 0.3) is 5.91 Å². The first-order valence-corrected chi connectivity index (χ1v) is 11.8. The van der Waals surface area contributed by atoms with Crippen molar-refractivity contribution in [3.05, 3.63) is 47.5 Å². The number of carbonyl (C=O) groups is 2. The number of hydrazone groups is 1. The summed E-state index contributed by atoms with van der Waals surface area (Å²) in [5.74, 6) is 2.20. The fourth-order valence-electron chi connectivity index (χ4n) is 4.27. The van der Waals surface area contributed by atoms with Crippen LogP contribution in [0.25, 0.3) is 0 Å². The van der Waals surface area contributed by atoms with Crippen molar-refractivity contribution in [3.63, 3.8) is 0 Å². The highest BCUT2D eigenvalue weighted by atomic mass is 16.7. The Morgan fingerprint density at radius 2 is 1.83 bits per heavy atom. The van der Waals surface area contributed by atoms with Crippen LogP contribution in [0.4, 0.5) is 0 Å². The predicted molar refractivity (Wildman–Crippen MR) is 135 cm³/mol. The maximum atomic E-state index is 13.5. The van der Waals surface area contributed by atoms with Crippen molar-refractivity contribution >= 4 is 17.5 Å². The fraction of sp³-hybridized carbons (Fsp3) is 0.444. The van der Waals surface area contributed by atoms with E-state index in [9.17, 15) is 9.59 Å². The van der Waals surface area contributed by atoms with E-state index >= 15 is 0 Å². The lowest BCUT2D eigenvalue weighted by atomic mass is 9.92. The van der Waals surface area contributed by atoms with Crippen LogP contribution in [-0.2, 0) is 9.59 Å². The van der Waals surface area contributed by atoms with Crippen LogP contribution in [-0.4, -0.2) is 62.0 Å². The molecule has 36 heavy (non-hydrogen) atoms. The number of carbonyl (C=O) groups excluding carboxylic acids is 2. The Bertz CT molecular complexity index is 1190. The Balaban J connectivity index is 1.65. The number of amides is 2. The second-order valence-corrected chi connectivity index (χ2v) is 10.2. The smallest absolute Gasteiger partial charge is 0.262 e. The average molecular weight is 496 g/mol. The summed E-state index contributed by atoms with van der Waals surface area (Å²) in [4.78, 5) is 27.6. The minimum atomic E-state index is -0.375. The minimum Gasteiger partial charge on any atom is -0.497 e. The maximum absolute atomic E-state index is 13.5. The van der Waals surface area contributed by atoms with Crippen LogP contribution in [0.3, 0.4) is 0 Å². The van der Waals surface area contributed by atoms with Crippen molar-refractivity contribution < 1.29 is 28.5 Å². The molecule has 2 aliphatic rings. The van der Waals surface area contributed by atoms with E-state index in [0.29, 0.717) is 41.6 Å². The molecule has 2 heterocycles. The zero-order chi connectivity index (χ0) is 26.0. The summed E-state index contributed by atoms with van der Waals surface area (Å²) in [5.41, 5.74) is 2.17. The van der Waals surface area contributed by atoms with Gasteiger partial charge in [-0.25, -0.2) is 5.01 Å². The third-order valence-corrected chi connectivity index (χ3v) is 6.15. The molecule has 0 saturated carbocycles. The monoisotopic (exact) mass is 495 g/mol. The Morgan fingerprint density at radius 3 is 2.53 bits per heavy atom. The number of fused-ring (bicyclic) bond motifs is 1. The number of hydrogen-bond donors (Lipinski definition) is 0. The third-order valence-electron chi connectivity index (χ3n) is 6.15. The van der Waals surface area contributed by atoms with Gasteiger partial charge < -0.3 is 23.8 Å². The molecule has 2 aromatic rings. The van der Waals surface area contributed by atoms with Gasteiger partial charge in [0.2, 0.25) is 12.7 Å². The molecule has 0 radical (unpaired) electrons. The largest absolute Gasteiger partial charge is 0.497 e. The molecule has 2 aliphatic heterocycles. The lowest BCUT2D eigenvalue weighted by Gasteiger charge is -2.26. The van der Waals surface area contributed by atoms with Gasteiger partial charge in [0.15, 0.2) is 11.5 Å². The van der Waals surface area contributed by atoms with Gasteiger partial charge in [-0.15, -0.1) is 0 Å². The molecule has 0 saturated heterocycles. The highest BCUT2D eigenvalue weighted by molar-refractivity contribution is 6.05. The van der Waals surface area contributed by atoms with Crippen molar-refractivity contribution in [2.45, 2.75) is 39.7 Å². The summed E-state index contributed by atoms with van der Waals surface area (Å²) in [6.45, 7) is 6.07. The highest BCUT2D eigenvalue weighted by Crippen LogP contribution is 2.40. The quantitative estimate of drug-likeness (QED) is 0.577. The molecule has 192 valence electrons. The Morgan fingerprint density at radius 1 is 1.08 bits per heavy atom. The SMILES string of the molecule is COc1ccc(C2=NN(C(=O)CN(C)C(=O)CC(C)(C)C)[C@@H](c3ccc4c(c3)OCO4)C2)c(OC)c1. The Kier molecular flexibility index (Phi) is 7.10. The van der Waals surface area contributed by atoms with Gasteiger partial charge >= 0.3 is 0 Å². The van der Waals surface area contributed by atoms with E-state index in [-0.39, 0.29) is 36.6 Å². The van der Waals surface area contributed by atoms with Crippen LogP contribution in [0.15, 0.2) is 41.5 Å². The molecule has 0 spiro atoms. The van der Waals surface area contributed by atoms with Gasteiger partial charge in [0.05, 0.1) is 26.0 Å². The number of likely N-dealkylation sites (N-methyl/N-ethyl adjacent to an activating group) is 1. The fourth-order valence-corrected chi connectivity index (χ4v) is 4.27. The van der Waals surface area contributed by atoms with Gasteiger partial charge in [0, 0.05) is 31.5 Å². The van der Waals surface area contributed by atoms with Gasteiger partial charge in [-0.3, -0.25) is 9.59 Å². The number of nitrogens with zero attached hydrogens (tertiary/aromatic N) is 3. The van der Waals surface area contributed by atoms with Crippen molar-refractivity contribution in [3.8, 4) is 23.0 Å². The van der Waals surface area contributed by atoms with Crippen LogP contribution < -0.4 is 18.9 Å². The molecule has 0 fully saturated rings. The molecule has 9 nitrogen and oxygen atoms in total. The van der Waals surface area contributed by atoms with Gasteiger partial charge in [-0.1, -0.05) is 26.8 Å². The summed E-state index contributed by atoms with van der Waals surface area (Å²) in [5, 5.41) is 6.20. The molecule has 2 aromatic carbocycles. The Labute approximate surface area is 211 Å². The first-order valence-electron chi connectivity index (χ1n) is 11.8. The van der Waals surface area contributed by atoms with Crippen molar-refractivity contribution in [1.82, 2.24) is 9.91 Å². The van der Waals surface area contributed by atoms with E-state index in [4.69, 9.17) is 24.0 Å². The minimum absolute atomic E-state index is 0.0769. The lowest BCUT2D eigenvalue weighted by Crippen LogP contribution is -2.40. The zero-order valence-electron chi connectivity index (χ0n) is 21.7. The second kappa shape index (κ2) is 10.1. The average Bonchev–Trinajstić information content (AvgIpc) is 3.49.